The van der Waals surface area contributed by atoms with E-state index in [-0.39, 0.29) is 5.97 Å². The molecule has 0 amide bonds. The summed E-state index contributed by atoms with van der Waals surface area (Å²) in [5.74, 6) is 0.600. The van der Waals surface area contributed by atoms with Crippen LogP contribution in [0.5, 0.6) is 5.75 Å². The fraction of sp³-hybridized carbons (Fsp3) is 0.562. The lowest BCUT2D eigenvalue weighted by molar-refractivity contribution is -0.152. The van der Waals surface area contributed by atoms with Gasteiger partial charge in [0.15, 0.2) is 0 Å². The van der Waals surface area contributed by atoms with Crippen molar-refractivity contribution in [3.8, 4) is 5.75 Å². The van der Waals surface area contributed by atoms with Crippen LogP contribution in [0.1, 0.15) is 37.8 Å². The summed E-state index contributed by atoms with van der Waals surface area (Å²) >= 11 is 0. The summed E-state index contributed by atoms with van der Waals surface area (Å²) in [5.41, 5.74) is 2.20. The van der Waals surface area contributed by atoms with Gasteiger partial charge in [0.05, 0.1) is 12.5 Å². The van der Waals surface area contributed by atoms with E-state index in [1.54, 1.807) is 0 Å². The quantitative estimate of drug-likeness (QED) is 0.782. The number of hydrogen-bond acceptors (Lipinski definition) is 3. The highest BCUT2D eigenvalue weighted by atomic mass is 16.5. The molecule has 2 rings (SSSR count). The number of aryl methyl sites for hydroxylation is 2. The first-order valence-electron chi connectivity index (χ1n) is 6.86. The number of hydrogen-bond donors (Lipinski definition) is 0. The number of rotatable bonds is 4. The molecule has 1 aliphatic carbocycles. The molecule has 104 valence electrons. The Morgan fingerprint density at radius 3 is 2.58 bits per heavy atom. The summed E-state index contributed by atoms with van der Waals surface area (Å²) in [5, 5.41) is 0. The largest absolute Gasteiger partial charge is 0.492 e. The van der Waals surface area contributed by atoms with Crippen molar-refractivity contribution in [3.63, 3.8) is 0 Å². The van der Waals surface area contributed by atoms with E-state index in [2.05, 4.69) is 12.1 Å². The van der Waals surface area contributed by atoms with Gasteiger partial charge in [-0.2, -0.15) is 0 Å². The summed E-state index contributed by atoms with van der Waals surface area (Å²) in [6, 6.07) is 6.26. The predicted molar refractivity (Wildman–Crippen MR) is 74.4 cm³/mol. The minimum atomic E-state index is -0.620. The highest BCUT2D eigenvalue weighted by Crippen LogP contribution is 2.26. The van der Waals surface area contributed by atoms with Crippen LogP contribution in [0.3, 0.4) is 0 Å². The summed E-state index contributed by atoms with van der Waals surface area (Å²) in [6.07, 6.45) is 4.84. The van der Waals surface area contributed by atoms with Gasteiger partial charge >= 0.3 is 5.97 Å². The minimum Gasteiger partial charge on any atom is -0.492 e. The maximum Gasteiger partial charge on any atom is 0.314 e. The van der Waals surface area contributed by atoms with E-state index in [1.807, 2.05) is 19.9 Å². The normalized spacial score (nSPS) is 14.7. The van der Waals surface area contributed by atoms with Crippen molar-refractivity contribution < 1.29 is 14.3 Å². The first-order valence-corrected chi connectivity index (χ1v) is 6.86. The van der Waals surface area contributed by atoms with Gasteiger partial charge in [0.2, 0.25) is 0 Å². The van der Waals surface area contributed by atoms with Crippen molar-refractivity contribution in [2.75, 3.05) is 13.7 Å². The van der Waals surface area contributed by atoms with Crippen LogP contribution < -0.4 is 4.74 Å². The van der Waals surface area contributed by atoms with Crippen molar-refractivity contribution in [3.05, 3.63) is 29.3 Å². The molecule has 0 unspecified atom stereocenters. The number of benzene rings is 1. The SMILES string of the molecule is COC(=O)C(C)(C)COc1ccc2c(c1)CCCC2. The Bertz CT molecular complexity index is 463. The van der Waals surface area contributed by atoms with Crippen molar-refractivity contribution in [2.24, 2.45) is 5.41 Å². The highest BCUT2D eigenvalue weighted by Gasteiger charge is 2.29. The standard InChI is InChI=1S/C16H22O3/c1-16(2,15(17)18-3)11-19-14-9-8-12-6-4-5-7-13(12)10-14/h8-10H,4-7,11H2,1-3H3. The summed E-state index contributed by atoms with van der Waals surface area (Å²) in [7, 11) is 1.41. The molecule has 0 N–H and O–H groups in total. The van der Waals surface area contributed by atoms with Gasteiger partial charge in [-0.15, -0.1) is 0 Å². The van der Waals surface area contributed by atoms with Crippen LogP contribution in [-0.4, -0.2) is 19.7 Å². The van der Waals surface area contributed by atoms with Crippen LogP contribution >= 0.6 is 0 Å². The van der Waals surface area contributed by atoms with E-state index in [0.29, 0.717) is 6.61 Å². The van der Waals surface area contributed by atoms with Crippen molar-refractivity contribution in [1.29, 1.82) is 0 Å². The molecule has 1 aromatic rings. The second kappa shape index (κ2) is 5.64. The lowest BCUT2D eigenvalue weighted by Crippen LogP contribution is -2.32. The molecule has 0 aromatic heterocycles. The molecule has 0 bridgehead atoms. The maximum atomic E-state index is 11.6. The second-order valence-corrected chi connectivity index (χ2v) is 5.80. The Balaban J connectivity index is 2.02. The Labute approximate surface area is 114 Å². The topological polar surface area (TPSA) is 35.5 Å². The van der Waals surface area contributed by atoms with Gasteiger partial charge in [-0.25, -0.2) is 0 Å². The summed E-state index contributed by atoms with van der Waals surface area (Å²) < 4.78 is 10.5. The summed E-state index contributed by atoms with van der Waals surface area (Å²) in [6.45, 7) is 3.99. The molecule has 0 atom stereocenters. The van der Waals surface area contributed by atoms with Crippen LogP contribution in [-0.2, 0) is 22.4 Å². The van der Waals surface area contributed by atoms with Gasteiger partial charge in [-0.3, -0.25) is 4.79 Å². The van der Waals surface area contributed by atoms with E-state index in [1.165, 1.54) is 37.5 Å². The number of esters is 1. The van der Waals surface area contributed by atoms with Gasteiger partial charge in [0, 0.05) is 0 Å². The molecule has 0 saturated heterocycles. The van der Waals surface area contributed by atoms with Crippen LogP contribution in [0.2, 0.25) is 0 Å². The number of carbonyl (C=O) groups is 1. The number of fused-ring (bicyclic) bond motifs is 1. The van der Waals surface area contributed by atoms with E-state index in [9.17, 15) is 4.79 Å². The molecule has 0 fully saturated rings. The molecule has 0 heterocycles. The third-order valence-corrected chi connectivity index (χ3v) is 3.66. The van der Waals surface area contributed by atoms with Gasteiger partial charge < -0.3 is 9.47 Å². The zero-order valence-electron chi connectivity index (χ0n) is 12.0. The van der Waals surface area contributed by atoms with E-state index in [0.717, 1.165) is 12.2 Å². The van der Waals surface area contributed by atoms with Gasteiger partial charge in [0.1, 0.15) is 12.4 Å². The smallest absolute Gasteiger partial charge is 0.314 e. The van der Waals surface area contributed by atoms with E-state index < -0.39 is 5.41 Å². The third kappa shape index (κ3) is 3.28. The predicted octanol–water partition coefficient (Wildman–Crippen LogP) is 3.14. The highest BCUT2D eigenvalue weighted by molar-refractivity contribution is 5.75. The zero-order chi connectivity index (χ0) is 13.9. The van der Waals surface area contributed by atoms with E-state index >= 15 is 0 Å². The number of ether oxygens (including phenoxy) is 2. The van der Waals surface area contributed by atoms with Gasteiger partial charge in [-0.05, 0) is 62.8 Å². The molecule has 3 heteroatoms. The van der Waals surface area contributed by atoms with Crippen LogP contribution in [0, 0.1) is 5.41 Å². The molecule has 1 aromatic carbocycles. The molecule has 0 spiro atoms. The summed E-state index contributed by atoms with van der Waals surface area (Å²) in [4.78, 5) is 11.6. The van der Waals surface area contributed by atoms with Crippen LogP contribution in [0.4, 0.5) is 0 Å². The van der Waals surface area contributed by atoms with Gasteiger partial charge in [-0.1, -0.05) is 6.07 Å². The Hall–Kier alpha value is -1.51. The Morgan fingerprint density at radius 2 is 1.89 bits per heavy atom. The minimum absolute atomic E-state index is 0.245. The van der Waals surface area contributed by atoms with Crippen molar-refractivity contribution in [1.82, 2.24) is 0 Å². The molecule has 0 radical (unpaired) electrons. The zero-order valence-corrected chi connectivity index (χ0v) is 12.0. The average molecular weight is 262 g/mol. The molecular formula is C16H22O3. The second-order valence-electron chi connectivity index (χ2n) is 5.80. The van der Waals surface area contributed by atoms with Crippen LogP contribution in [0.15, 0.2) is 18.2 Å². The molecule has 0 saturated carbocycles. The molecule has 3 nitrogen and oxygen atoms in total. The third-order valence-electron chi connectivity index (χ3n) is 3.66. The number of methoxy groups -OCH3 is 1. The first kappa shape index (κ1) is 13.9. The van der Waals surface area contributed by atoms with Crippen LogP contribution in [0.25, 0.3) is 0 Å². The molecule has 19 heavy (non-hydrogen) atoms. The fourth-order valence-corrected chi connectivity index (χ4v) is 2.40. The lowest BCUT2D eigenvalue weighted by atomic mass is 9.91. The van der Waals surface area contributed by atoms with Gasteiger partial charge in [0.25, 0.3) is 0 Å². The molecule has 1 aliphatic rings. The van der Waals surface area contributed by atoms with E-state index in [4.69, 9.17) is 9.47 Å². The van der Waals surface area contributed by atoms with Crippen molar-refractivity contribution >= 4 is 5.97 Å². The first-order chi connectivity index (χ1) is 9.03. The molecular weight excluding hydrogens is 240 g/mol. The monoisotopic (exact) mass is 262 g/mol. The van der Waals surface area contributed by atoms with Crippen molar-refractivity contribution in [2.45, 2.75) is 39.5 Å². The Morgan fingerprint density at radius 1 is 1.21 bits per heavy atom. The maximum absolute atomic E-state index is 11.6. The average Bonchev–Trinajstić information content (AvgIpc) is 2.44. The lowest BCUT2D eigenvalue weighted by Gasteiger charge is -2.22. The fourth-order valence-electron chi connectivity index (χ4n) is 2.40. The molecule has 0 aliphatic heterocycles. The Kier molecular flexibility index (Phi) is 4.13. The number of carbonyl (C=O) groups excluding carboxylic acids is 1.